The smallest absolute Gasteiger partial charge is 0.282 e. The molecule has 0 spiro atoms. The maximum Gasteiger partial charge on any atom is 0.282 e. The zero-order valence-corrected chi connectivity index (χ0v) is 19.2. The van der Waals surface area contributed by atoms with Gasteiger partial charge in [-0.1, -0.05) is 20.3 Å². The molecule has 10 heteroatoms. The van der Waals surface area contributed by atoms with Gasteiger partial charge in [0.2, 0.25) is 5.91 Å². The average Bonchev–Trinajstić information content (AvgIpc) is 2.68. The monoisotopic (exact) mass is 426 g/mol. The van der Waals surface area contributed by atoms with Crippen molar-refractivity contribution < 1.29 is 13.2 Å². The summed E-state index contributed by atoms with van der Waals surface area (Å²) in [4.78, 5) is 24.5. The second-order valence-electron chi connectivity index (χ2n) is 7.56. The Bertz CT molecular complexity index is 810. The Morgan fingerprint density at radius 2 is 1.83 bits per heavy atom. The number of anilines is 1. The van der Waals surface area contributed by atoms with Crippen LogP contribution in [0.3, 0.4) is 0 Å². The lowest BCUT2D eigenvalue weighted by molar-refractivity contribution is -0.128. The normalized spacial score (nSPS) is 18.1. The van der Waals surface area contributed by atoms with Gasteiger partial charge < -0.3 is 9.80 Å². The molecule has 9 nitrogen and oxygen atoms in total. The summed E-state index contributed by atoms with van der Waals surface area (Å²) < 4.78 is 29.5. The lowest BCUT2D eigenvalue weighted by atomic mass is 10.0. The van der Waals surface area contributed by atoms with Crippen molar-refractivity contribution in [2.75, 3.05) is 45.7 Å². The minimum Gasteiger partial charge on any atom is -0.363 e. The Labute approximate surface area is 174 Å². The van der Waals surface area contributed by atoms with Crippen molar-refractivity contribution in [3.05, 3.63) is 17.6 Å². The predicted octanol–water partition coefficient (Wildman–Crippen LogP) is 1.63. The molecule has 1 aliphatic heterocycles. The van der Waals surface area contributed by atoms with Crippen molar-refractivity contribution in [1.29, 1.82) is 0 Å². The van der Waals surface area contributed by atoms with Crippen LogP contribution in [0, 0.1) is 0 Å². The fourth-order valence-electron chi connectivity index (χ4n) is 3.45. The number of amides is 1. The van der Waals surface area contributed by atoms with Crippen LogP contribution in [-0.4, -0.2) is 78.6 Å². The summed E-state index contributed by atoms with van der Waals surface area (Å²) >= 11 is 0. The maximum absolute atomic E-state index is 13.2. The van der Waals surface area contributed by atoms with E-state index < -0.39 is 16.3 Å². The van der Waals surface area contributed by atoms with E-state index in [1.54, 1.807) is 16.3 Å². The molecule has 1 unspecified atom stereocenters. The molecule has 1 atom stereocenters. The molecule has 1 aliphatic rings. The molecule has 1 aromatic rings. The molecule has 1 aromatic heterocycles. The molecule has 1 saturated heterocycles. The van der Waals surface area contributed by atoms with E-state index in [2.05, 4.69) is 9.97 Å². The van der Waals surface area contributed by atoms with Gasteiger partial charge in [0.1, 0.15) is 11.6 Å². The van der Waals surface area contributed by atoms with Crippen LogP contribution in [0.2, 0.25) is 0 Å². The van der Waals surface area contributed by atoms with Gasteiger partial charge in [0.05, 0.1) is 18.3 Å². The Morgan fingerprint density at radius 1 is 1.17 bits per heavy atom. The first-order valence-electron chi connectivity index (χ1n) is 10.2. The minimum absolute atomic E-state index is 0.0556. The van der Waals surface area contributed by atoms with Crippen LogP contribution in [0.1, 0.15) is 57.6 Å². The first-order chi connectivity index (χ1) is 13.6. The van der Waals surface area contributed by atoms with Crippen molar-refractivity contribution >= 4 is 21.9 Å². The summed E-state index contributed by atoms with van der Waals surface area (Å²) in [6.07, 6.45) is 2.43. The van der Waals surface area contributed by atoms with Crippen LogP contribution in [-0.2, 0) is 21.5 Å². The zero-order chi connectivity index (χ0) is 21.8. The number of rotatable bonds is 8. The zero-order valence-electron chi connectivity index (χ0n) is 18.4. The molecular weight excluding hydrogens is 392 g/mol. The molecule has 1 amide bonds. The van der Waals surface area contributed by atoms with E-state index in [-0.39, 0.29) is 5.91 Å². The standard InChI is InChI=1S/C19H34N6O3S/c1-7-24(8-2)29(27,28)25-12-10-9-11-17(25)19-20-16(14-23(6)15(3)26)13-18(21-19)22(4)5/h13,17H,7-12,14H2,1-6H3. The molecule has 0 bridgehead atoms. The SMILES string of the molecule is CCN(CC)S(=O)(=O)N1CCCCC1c1nc(CN(C)C(C)=O)cc(N(C)C)n1. The van der Waals surface area contributed by atoms with Gasteiger partial charge in [-0.3, -0.25) is 4.79 Å². The number of hydrogen-bond acceptors (Lipinski definition) is 6. The summed E-state index contributed by atoms with van der Waals surface area (Å²) in [5.41, 5.74) is 0.696. The molecule has 0 N–H and O–H groups in total. The van der Waals surface area contributed by atoms with Gasteiger partial charge in [-0.25, -0.2) is 9.97 Å². The van der Waals surface area contributed by atoms with Crippen molar-refractivity contribution in [2.24, 2.45) is 0 Å². The molecular formula is C19H34N6O3S. The van der Waals surface area contributed by atoms with Gasteiger partial charge in [-0.15, -0.1) is 0 Å². The highest BCUT2D eigenvalue weighted by atomic mass is 32.2. The maximum atomic E-state index is 13.2. The average molecular weight is 427 g/mol. The van der Waals surface area contributed by atoms with Crippen LogP contribution < -0.4 is 4.90 Å². The molecule has 0 saturated carbocycles. The molecule has 2 heterocycles. The number of hydrogen-bond donors (Lipinski definition) is 0. The van der Waals surface area contributed by atoms with Crippen molar-refractivity contribution in [2.45, 2.75) is 52.6 Å². The summed E-state index contributed by atoms with van der Waals surface area (Å²) in [6.45, 7) is 6.86. The van der Waals surface area contributed by atoms with Crippen molar-refractivity contribution in [3.8, 4) is 0 Å². The Balaban J connectivity index is 2.48. The lowest BCUT2D eigenvalue weighted by Crippen LogP contribution is -2.47. The van der Waals surface area contributed by atoms with E-state index >= 15 is 0 Å². The third kappa shape index (κ3) is 5.43. The van der Waals surface area contributed by atoms with Crippen LogP contribution in [0.15, 0.2) is 6.07 Å². The van der Waals surface area contributed by atoms with Crippen LogP contribution in [0.5, 0.6) is 0 Å². The minimum atomic E-state index is -3.60. The van der Waals surface area contributed by atoms with E-state index in [4.69, 9.17) is 0 Å². The van der Waals surface area contributed by atoms with E-state index in [1.807, 2.05) is 38.9 Å². The van der Waals surface area contributed by atoms with Gasteiger partial charge >= 0.3 is 0 Å². The fourth-order valence-corrected chi connectivity index (χ4v) is 5.28. The van der Waals surface area contributed by atoms with E-state index in [1.165, 1.54) is 11.2 Å². The van der Waals surface area contributed by atoms with E-state index in [0.29, 0.717) is 49.9 Å². The van der Waals surface area contributed by atoms with E-state index in [9.17, 15) is 13.2 Å². The van der Waals surface area contributed by atoms with E-state index in [0.717, 1.165) is 12.8 Å². The Hall–Kier alpha value is -1.78. The molecule has 1 fully saturated rings. The number of carbonyl (C=O) groups excluding carboxylic acids is 1. The van der Waals surface area contributed by atoms with Crippen molar-refractivity contribution in [3.63, 3.8) is 0 Å². The summed E-state index contributed by atoms with van der Waals surface area (Å²) in [5.74, 6) is 1.14. The third-order valence-electron chi connectivity index (χ3n) is 5.26. The summed E-state index contributed by atoms with van der Waals surface area (Å²) in [6, 6.07) is 1.44. The molecule has 2 rings (SSSR count). The highest BCUT2D eigenvalue weighted by molar-refractivity contribution is 7.86. The van der Waals surface area contributed by atoms with Crippen LogP contribution in [0.25, 0.3) is 0 Å². The summed E-state index contributed by atoms with van der Waals surface area (Å²) in [5, 5.41) is 0. The summed E-state index contributed by atoms with van der Waals surface area (Å²) in [7, 11) is 1.89. The third-order valence-corrected chi connectivity index (χ3v) is 7.46. The second kappa shape index (κ2) is 9.82. The van der Waals surface area contributed by atoms with Crippen LogP contribution >= 0.6 is 0 Å². The number of carbonyl (C=O) groups is 1. The Kier molecular flexibility index (Phi) is 7.95. The Morgan fingerprint density at radius 3 is 2.38 bits per heavy atom. The molecule has 29 heavy (non-hydrogen) atoms. The number of aromatic nitrogens is 2. The predicted molar refractivity (Wildman–Crippen MR) is 114 cm³/mol. The first-order valence-corrected chi connectivity index (χ1v) is 11.5. The first kappa shape index (κ1) is 23.5. The van der Waals surface area contributed by atoms with Gasteiger partial charge in [0.25, 0.3) is 10.2 Å². The topological polar surface area (TPSA) is 90.0 Å². The highest BCUT2D eigenvalue weighted by Crippen LogP contribution is 2.33. The fraction of sp³-hybridized carbons (Fsp3) is 0.737. The van der Waals surface area contributed by atoms with Gasteiger partial charge in [0.15, 0.2) is 0 Å². The quantitative estimate of drug-likeness (QED) is 0.628. The molecule has 164 valence electrons. The molecule has 0 radical (unpaired) electrons. The number of piperidine rings is 1. The molecule has 0 aliphatic carbocycles. The number of nitrogens with zero attached hydrogens (tertiary/aromatic N) is 6. The molecule has 0 aromatic carbocycles. The van der Waals surface area contributed by atoms with Crippen LogP contribution in [0.4, 0.5) is 5.82 Å². The van der Waals surface area contributed by atoms with Gasteiger partial charge in [-0.2, -0.15) is 17.0 Å². The highest BCUT2D eigenvalue weighted by Gasteiger charge is 2.38. The van der Waals surface area contributed by atoms with Gasteiger partial charge in [0, 0.05) is 53.8 Å². The van der Waals surface area contributed by atoms with Crippen molar-refractivity contribution in [1.82, 2.24) is 23.5 Å². The lowest BCUT2D eigenvalue weighted by Gasteiger charge is -2.37. The second-order valence-corrected chi connectivity index (χ2v) is 9.44. The van der Waals surface area contributed by atoms with Gasteiger partial charge in [-0.05, 0) is 12.8 Å². The largest absolute Gasteiger partial charge is 0.363 e.